The summed E-state index contributed by atoms with van der Waals surface area (Å²) < 4.78 is 0. The summed E-state index contributed by atoms with van der Waals surface area (Å²) in [5.74, 6) is -0.325. The number of amides is 3. The average Bonchev–Trinajstić information content (AvgIpc) is 2.95. The molecule has 1 fully saturated rings. The zero-order chi connectivity index (χ0) is 18.7. The molecule has 0 N–H and O–H groups in total. The van der Waals surface area contributed by atoms with Crippen molar-refractivity contribution in [1.82, 2.24) is 9.80 Å². The number of carbonyl (C=O) groups is 3. The fourth-order valence-corrected chi connectivity index (χ4v) is 3.07. The molecule has 26 heavy (non-hydrogen) atoms. The van der Waals surface area contributed by atoms with Gasteiger partial charge in [0.1, 0.15) is 0 Å². The third-order valence-corrected chi connectivity index (χ3v) is 4.71. The smallest absolute Gasteiger partial charge is 0.253 e. The topological polar surface area (TPSA) is 57.7 Å². The molecule has 0 bridgehead atoms. The Hall–Kier alpha value is -2.95. The number of hydrogen-bond acceptors (Lipinski definition) is 3. The molecule has 5 heteroatoms. The molecular weight excluding hydrogens is 328 g/mol. The van der Waals surface area contributed by atoms with Crippen molar-refractivity contribution in [3.05, 3.63) is 70.8 Å². The molecule has 1 saturated heterocycles. The molecular formula is C21H22N2O3. The van der Waals surface area contributed by atoms with Crippen LogP contribution in [0, 0.1) is 6.92 Å². The van der Waals surface area contributed by atoms with E-state index in [1.165, 1.54) is 4.90 Å². The zero-order valence-corrected chi connectivity index (χ0v) is 15.1. The summed E-state index contributed by atoms with van der Waals surface area (Å²) in [6.07, 6.45) is 0.582. The van der Waals surface area contributed by atoms with Crippen molar-refractivity contribution in [2.24, 2.45) is 0 Å². The Morgan fingerprint density at radius 2 is 1.62 bits per heavy atom. The van der Waals surface area contributed by atoms with Crippen LogP contribution in [-0.4, -0.2) is 34.6 Å². The maximum absolute atomic E-state index is 12.6. The van der Waals surface area contributed by atoms with Crippen LogP contribution in [0.2, 0.25) is 0 Å². The van der Waals surface area contributed by atoms with E-state index in [1.54, 1.807) is 36.2 Å². The number of rotatable bonds is 5. The lowest BCUT2D eigenvalue weighted by Crippen LogP contribution is -2.28. The van der Waals surface area contributed by atoms with Gasteiger partial charge < -0.3 is 4.90 Å². The van der Waals surface area contributed by atoms with Crippen LogP contribution in [0.1, 0.15) is 39.9 Å². The number of benzene rings is 2. The van der Waals surface area contributed by atoms with Gasteiger partial charge in [0.25, 0.3) is 5.91 Å². The Morgan fingerprint density at radius 3 is 2.23 bits per heavy atom. The highest BCUT2D eigenvalue weighted by Gasteiger charge is 2.28. The molecule has 3 rings (SSSR count). The summed E-state index contributed by atoms with van der Waals surface area (Å²) >= 11 is 0. The van der Waals surface area contributed by atoms with Crippen molar-refractivity contribution in [2.45, 2.75) is 32.9 Å². The average molecular weight is 350 g/mol. The van der Waals surface area contributed by atoms with Gasteiger partial charge in [-0.25, -0.2) is 0 Å². The van der Waals surface area contributed by atoms with E-state index < -0.39 is 0 Å². The molecule has 1 heterocycles. The van der Waals surface area contributed by atoms with Crippen LogP contribution < -0.4 is 0 Å². The maximum atomic E-state index is 12.6. The van der Waals surface area contributed by atoms with Crippen molar-refractivity contribution in [3.8, 4) is 0 Å². The van der Waals surface area contributed by atoms with Crippen molar-refractivity contribution in [1.29, 1.82) is 0 Å². The Balaban J connectivity index is 1.66. The van der Waals surface area contributed by atoms with E-state index in [9.17, 15) is 14.4 Å². The summed E-state index contributed by atoms with van der Waals surface area (Å²) in [4.78, 5) is 39.0. The summed E-state index contributed by atoms with van der Waals surface area (Å²) in [6.45, 7) is 2.85. The molecule has 0 saturated carbocycles. The SMILES string of the molecule is Cc1ccccc1CN(C)C(=O)c1ccc(CN2C(=O)CCC2=O)cc1. The first-order valence-electron chi connectivity index (χ1n) is 8.68. The third-order valence-electron chi connectivity index (χ3n) is 4.71. The second-order valence-electron chi connectivity index (χ2n) is 6.66. The highest BCUT2D eigenvalue weighted by molar-refractivity contribution is 6.01. The number of carbonyl (C=O) groups excluding carboxylic acids is 3. The molecule has 3 amide bonds. The Kier molecular flexibility index (Phi) is 5.16. The van der Waals surface area contributed by atoms with Gasteiger partial charge in [0.05, 0.1) is 6.54 Å². The maximum Gasteiger partial charge on any atom is 0.253 e. The van der Waals surface area contributed by atoms with E-state index >= 15 is 0 Å². The molecule has 2 aromatic carbocycles. The van der Waals surface area contributed by atoms with E-state index in [0.717, 1.165) is 16.7 Å². The van der Waals surface area contributed by atoms with Gasteiger partial charge in [-0.15, -0.1) is 0 Å². The Morgan fingerprint density at radius 1 is 1.00 bits per heavy atom. The normalized spacial score (nSPS) is 14.0. The highest BCUT2D eigenvalue weighted by atomic mass is 16.2. The molecule has 0 unspecified atom stereocenters. The first-order valence-corrected chi connectivity index (χ1v) is 8.68. The van der Waals surface area contributed by atoms with Crippen molar-refractivity contribution >= 4 is 17.7 Å². The van der Waals surface area contributed by atoms with Crippen molar-refractivity contribution < 1.29 is 14.4 Å². The standard InChI is InChI=1S/C21H22N2O3/c1-15-5-3-4-6-18(15)14-22(2)21(26)17-9-7-16(8-10-17)13-23-19(24)11-12-20(23)25/h3-10H,11-14H2,1-2H3. The summed E-state index contributed by atoms with van der Waals surface area (Å²) in [7, 11) is 1.78. The molecule has 0 radical (unpaired) electrons. The van der Waals surface area contributed by atoms with Gasteiger partial charge in [0.2, 0.25) is 11.8 Å². The summed E-state index contributed by atoms with van der Waals surface area (Å²) in [6, 6.07) is 15.1. The molecule has 0 aromatic heterocycles. The Labute approximate surface area is 153 Å². The monoisotopic (exact) mass is 350 g/mol. The minimum absolute atomic E-state index is 0.0619. The molecule has 0 spiro atoms. The van der Waals surface area contributed by atoms with Gasteiger partial charge in [-0.3, -0.25) is 19.3 Å². The lowest BCUT2D eigenvalue weighted by molar-refractivity contribution is -0.139. The predicted molar refractivity (Wildman–Crippen MR) is 98.2 cm³/mol. The van der Waals surface area contributed by atoms with Gasteiger partial charge in [-0.2, -0.15) is 0 Å². The molecule has 2 aromatic rings. The second-order valence-corrected chi connectivity index (χ2v) is 6.66. The van der Waals surface area contributed by atoms with E-state index in [-0.39, 0.29) is 24.3 Å². The predicted octanol–water partition coefficient (Wildman–Crippen LogP) is 2.92. The van der Waals surface area contributed by atoms with E-state index in [1.807, 2.05) is 31.2 Å². The molecule has 134 valence electrons. The second kappa shape index (κ2) is 7.52. The number of likely N-dealkylation sites (tertiary alicyclic amines) is 1. The van der Waals surface area contributed by atoms with Gasteiger partial charge >= 0.3 is 0 Å². The number of nitrogens with zero attached hydrogens (tertiary/aromatic N) is 2. The van der Waals surface area contributed by atoms with E-state index in [2.05, 4.69) is 0 Å². The molecule has 1 aliphatic rings. The lowest BCUT2D eigenvalue weighted by atomic mass is 10.1. The van der Waals surface area contributed by atoms with Crippen molar-refractivity contribution in [2.75, 3.05) is 7.05 Å². The minimum atomic E-state index is -0.131. The highest BCUT2D eigenvalue weighted by Crippen LogP contribution is 2.17. The van der Waals surface area contributed by atoms with Crippen LogP contribution >= 0.6 is 0 Å². The number of imide groups is 1. The number of aryl methyl sites for hydroxylation is 1. The van der Waals surface area contributed by atoms with Gasteiger partial charge in [0.15, 0.2) is 0 Å². The fourth-order valence-electron chi connectivity index (χ4n) is 3.07. The number of hydrogen-bond donors (Lipinski definition) is 0. The molecule has 0 aliphatic carbocycles. The van der Waals surface area contributed by atoms with Crippen LogP contribution in [0.5, 0.6) is 0 Å². The Bertz CT molecular complexity index is 827. The minimum Gasteiger partial charge on any atom is -0.337 e. The van der Waals surface area contributed by atoms with E-state index in [0.29, 0.717) is 24.9 Å². The van der Waals surface area contributed by atoms with Gasteiger partial charge in [-0.05, 0) is 35.7 Å². The van der Waals surface area contributed by atoms with Crippen LogP contribution in [-0.2, 0) is 22.7 Å². The van der Waals surface area contributed by atoms with Crippen LogP contribution in [0.3, 0.4) is 0 Å². The first kappa shape index (κ1) is 17.9. The quantitative estimate of drug-likeness (QED) is 0.779. The van der Waals surface area contributed by atoms with Gasteiger partial charge in [0, 0.05) is 32.0 Å². The fraction of sp³-hybridized carbons (Fsp3) is 0.286. The third kappa shape index (κ3) is 3.82. The summed E-state index contributed by atoms with van der Waals surface area (Å²) in [5.41, 5.74) is 3.70. The zero-order valence-electron chi connectivity index (χ0n) is 15.1. The van der Waals surface area contributed by atoms with E-state index in [4.69, 9.17) is 0 Å². The summed E-state index contributed by atoms with van der Waals surface area (Å²) in [5, 5.41) is 0. The van der Waals surface area contributed by atoms with Crippen LogP contribution in [0.25, 0.3) is 0 Å². The van der Waals surface area contributed by atoms with Crippen LogP contribution in [0.4, 0.5) is 0 Å². The molecule has 0 atom stereocenters. The van der Waals surface area contributed by atoms with Crippen molar-refractivity contribution in [3.63, 3.8) is 0 Å². The molecule has 1 aliphatic heterocycles. The van der Waals surface area contributed by atoms with Gasteiger partial charge in [-0.1, -0.05) is 36.4 Å². The largest absolute Gasteiger partial charge is 0.337 e. The molecule has 5 nitrogen and oxygen atoms in total. The van der Waals surface area contributed by atoms with Crippen LogP contribution in [0.15, 0.2) is 48.5 Å². The first-order chi connectivity index (χ1) is 12.5. The lowest BCUT2D eigenvalue weighted by Gasteiger charge is -2.19.